The number of guanidine groups is 1. The molecule has 2 aromatic rings. The van der Waals surface area contributed by atoms with Gasteiger partial charge in [-0.2, -0.15) is 0 Å². The van der Waals surface area contributed by atoms with E-state index < -0.39 is 0 Å². The van der Waals surface area contributed by atoms with Gasteiger partial charge in [0.25, 0.3) is 5.91 Å². The Morgan fingerprint density at radius 1 is 1.10 bits per heavy atom. The number of carbonyl (C=O) groups excluding carboxylic acids is 2. The molecule has 0 fully saturated rings. The number of anilines is 1. The van der Waals surface area contributed by atoms with Crippen LogP contribution in [0.5, 0.6) is 0 Å². The van der Waals surface area contributed by atoms with Crippen molar-refractivity contribution < 1.29 is 9.59 Å². The first-order chi connectivity index (χ1) is 14.5. The van der Waals surface area contributed by atoms with E-state index in [2.05, 4.69) is 31.2 Å². The van der Waals surface area contributed by atoms with E-state index in [0.717, 1.165) is 24.2 Å². The number of rotatable bonds is 9. The number of aliphatic imine (C=N–C) groups is 1. The molecule has 0 saturated carbocycles. The Bertz CT molecular complexity index is 888. The number of benzene rings is 1. The molecule has 4 N–H and O–H groups in total. The van der Waals surface area contributed by atoms with Crippen molar-refractivity contribution in [2.24, 2.45) is 4.99 Å². The number of aryl methyl sites for hydroxylation is 1. The topological polar surface area (TPSA) is 108 Å². The van der Waals surface area contributed by atoms with Gasteiger partial charge in [-0.05, 0) is 50.1 Å². The summed E-state index contributed by atoms with van der Waals surface area (Å²) in [6, 6.07) is 13.0. The second-order valence-electron chi connectivity index (χ2n) is 6.68. The van der Waals surface area contributed by atoms with Gasteiger partial charge in [0.05, 0.1) is 6.54 Å². The standard InChI is InChI=1S/C22H30N6O2.HI/c1-4-24-22(25-13-11-17-8-6-9-18(15-17)21(30)23-3)26-14-12-20(29)28-19-10-5-7-16(2)27-19;/h5-10,15H,4,11-14H2,1-3H3,(H,23,30)(H2,24,25,26)(H,27,28,29);1H. The van der Waals surface area contributed by atoms with Crippen LogP contribution < -0.4 is 21.3 Å². The molecular formula is C22H31IN6O2. The molecule has 0 aliphatic rings. The predicted molar refractivity (Wildman–Crippen MR) is 135 cm³/mol. The van der Waals surface area contributed by atoms with Gasteiger partial charge in [-0.25, -0.2) is 4.98 Å². The largest absolute Gasteiger partial charge is 0.357 e. The van der Waals surface area contributed by atoms with Gasteiger partial charge >= 0.3 is 0 Å². The molecule has 2 rings (SSSR count). The highest BCUT2D eigenvalue weighted by atomic mass is 127. The van der Waals surface area contributed by atoms with Crippen LogP contribution in [0.25, 0.3) is 0 Å². The van der Waals surface area contributed by atoms with E-state index in [1.54, 1.807) is 19.2 Å². The smallest absolute Gasteiger partial charge is 0.251 e. The van der Waals surface area contributed by atoms with E-state index in [4.69, 9.17) is 0 Å². The van der Waals surface area contributed by atoms with Crippen molar-refractivity contribution in [3.8, 4) is 0 Å². The molecule has 0 aliphatic heterocycles. The zero-order chi connectivity index (χ0) is 21.8. The zero-order valence-electron chi connectivity index (χ0n) is 18.2. The van der Waals surface area contributed by atoms with Gasteiger partial charge in [-0.3, -0.25) is 14.6 Å². The van der Waals surface area contributed by atoms with Gasteiger partial charge < -0.3 is 21.3 Å². The lowest BCUT2D eigenvalue weighted by Crippen LogP contribution is -2.38. The number of halogens is 1. The van der Waals surface area contributed by atoms with Crippen molar-refractivity contribution >= 4 is 47.6 Å². The molecule has 1 aromatic carbocycles. The summed E-state index contributed by atoms with van der Waals surface area (Å²) in [4.78, 5) is 32.5. The van der Waals surface area contributed by atoms with E-state index >= 15 is 0 Å². The molecule has 0 aliphatic carbocycles. The Morgan fingerprint density at radius 3 is 2.58 bits per heavy atom. The number of carbonyl (C=O) groups is 2. The van der Waals surface area contributed by atoms with Crippen LogP contribution in [0.3, 0.4) is 0 Å². The summed E-state index contributed by atoms with van der Waals surface area (Å²) in [7, 11) is 1.62. The van der Waals surface area contributed by atoms with Crippen LogP contribution in [0.2, 0.25) is 0 Å². The third-order valence-electron chi connectivity index (χ3n) is 4.23. The fourth-order valence-electron chi connectivity index (χ4n) is 2.77. The van der Waals surface area contributed by atoms with Gasteiger partial charge in [0.15, 0.2) is 5.96 Å². The van der Waals surface area contributed by atoms with Crippen molar-refractivity contribution in [2.75, 3.05) is 32.0 Å². The van der Waals surface area contributed by atoms with Crippen LogP contribution in [-0.2, 0) is 11.2 Å². The Hall–Kier alpha value is -2.69. The molecule has 9 heteroatoms. The van der Waals surface area contributed by atoms with E-state index in [-0.39, 0.29) is 42.2 Å². The van der Waals surface area contributed by atoms with Gasteiger partial charge in [0.1, 0.15) is 5.82 Å². The summed E-state index contributed by atoms with van der Waals surface area (Å²) >= 11 is 0. The molecule has 0 spiro atoms. The van der Waals surface area contributed by atoms with Crippen molar-refractivity contribution in [1.82, 2.24) is 20.9 Å². The lowest BCUT2D eigenvalue weighted by molar-refractivity contribution is -0.116. The molecule has 168 valence electrons. The maximum absolute atomic E-state index is 12.1. The van der Waals surface area contributed by atoms with Gasteiger partial charge in [-0.15, -0.1) is 24.0 Å². The molecule has 1 heterocycles. The van der Waals surface area contributed by atoms with E-state index in [9.17, 15) is 9.59 Å². The van der Waals surface area contributed by atoms with Gasteiger partial charge in [-0.1, -0.05) is 18.2 Å². The number of nitrogens with one attached hydrogen (secondary N) is 4. The molecule has 0 bridgehead atoms. The quantitative estimate of drug-likeness (QED) is 0.223. The predicted octanol–water partition coefficient (Wildman–Crippen LogP) is 2.49. The fraction of sp³-hybridized carbons (Fsp3) is 0.364. The van der Waals surface area contributed by atoms with E-state index in [0.29, 0.717) is 30.4 Å². The van der Waals surface area contributed by atoms with Crippen molar-refractivity contribution in [2.45, 2.75) is 26.7 Å². The fourth-order valence-corrected chi connectivity index (χ4v) is 2.77. The molecular weight excluding hydrogens is 507 g/mol. The first-order valence-electron chi connectivity index (χ1n) is 10.1. The highest BCUT2D eigenvalue weighted by molar-refractivity contribution is 14.0. The summed E-state index contributed by atoms with van der Waals surface area (Å²) in [5.41, 5.74) is 2.56. The van der Waals surface area contributed by atoms with Crippen LogP contribution in [0.1, 0.15) is 35.0 Å². The first-order valence-corrected chi connectivity index (χ1v) is 10.1. The monoisotopic (exact) mass is 538 g/mol. The maximum Gasteiger partial charge on any atom is 0.251 e. The molecule has 0 unspecified atom stereocenters. The zero-order valence-corrected chi connectivity index (χ0v) is 20.5. The third kappa shape index (κ3) is 9.77. The number of aromatic nitrogens is 1. The van der Waals surface area contributed by atoms with Crippen LogP contribution in [0.15, 0.2) is 47.5 Å². The van der Waals surface area contributed by atoms with Crippen molar-refractivity contribution in [1.29, 1.82) is 0 Å². The van der Waals surface area contributed by atoms with Gasteiger partial charge in [0.2, 0.25) is 5.91 Å². The summed E-state index contributed by atoms with van der Waals surface area (Å²) in [6.07, 6.45) is 1.01. The van der Waals surface area contributed by atoms with E-state index in [1.165, 1.54) is 0 Å². The number of hydrogen-bond acceptors (Lipinski definition) is 4. The minimum Gasteiger partial charge on any atom is -0.357 e. The second-order valence-corrected chi connectivity index (χ2v) is 6.68. The van der Waals surface area contributed by atoms with Crippen LogP contribution in [0.4, 0.5) is 5.82 Å². The Labute approximate surface area is 200 Å². The number of nitrogens with zero attached hydrogens (tertiary/aromatic N) is 2. The van der Waals surface area contributed by atoms with Crippen molar-refractivity contribution in [3.05, 3.63) is 59.3 Å². The molecule has 0 saturated heterocycles. The number of pyridine rings is 1. The first kappa shape index (κ1) is 26.3. The second kappa shape index (κ2) is 14.3. The number of hydrogen-bond donors (Lipinski definition) is 4. The maximum atomic E-state index is 12.1. The lowest BCUT2D eigenvalue weighted by Gasteiger charge is -2.12. The Balaban J connectivity index is 0.00000480. The molecule has 2 amide bonds. The summed E-state index contributed by atoms with van der Waals surface area (Å²) in [6.45, 7) is 5.60. The van der Waals surface area contributed by atoms with Crippen LogP contribution in [0, 0.1) is 6.92 Å². The Morgan fingerprint density at radius 2 is 1.87 bits per heavy atom. The SMILES string of the molecule is CCNC(=NCCC(=O)Nc1cccc(C)n1)NCCc1cccc(C(=O)NC)c1.I. The normalized spacial score (nSPS) is 10.6. The number of amides is 2. The van der Waals surface area contributed by atoms with Crippen LogP contribution in [-0.4, -0.2) is 49.4 Å². The van der Waals surface area contributed by atoms with Gasteiger partial charge in [0, 0.05) is 37.8 Å². The summed E-state index contributed by atoms with van der Waals surface area (Å²) in [5, 5.41) is 11.8. The third-order valence-corrected chi connectivity index (χ3v) is 4.23. The van der Waals surface area contributed by atoms with Crippen LogP contribution >= 0.6 is 24.0 Å². The highest BCUT2D eigenvalue weighted by Crippen LogP contribution is 2.06. The highest BCUT2D eigenvalue weighted by Gasteiger charge is 2.05. The average Bonchev–Trinajstić information content (AvgIpc) is 2.73. The molecule has 31 heavy (non-hydrogen) atoms. The molecule has 0 atom stereocenters. The van der Waals surface area contributed by atoms with Crippen molar-refractivity contribution in [3.63, 3.8) is 0 Å². The van der Waals surface area contributed by atoms with E-state index in [1.807, 2.05) is 44.2 Å². The molecule has 1 aromatic heterocycles. The molecule has 8 nitrogen and oxygen atoms in total. The lowest BCUT2D eigenvalue weighted by atomic mass is 10.1. The summed E-state index contributed by atoms with van der Waals surface area (Å²) < 4.78 is 0. The molecule has 0 radical (unpaired) electrons. The minimum atomic E-state index is -0.126. The summed E-state index contributed by atoms with van der Waals surface area (Å²) in [5.74, 6) is 0.979. The Kier molecular flexibility index (Phi) is 12.2. The average molecular weight is 538 g/mol. The minimum absolute atomic E-state index is 0.